The Kier molecular flexibility index (Phi) is 6.84. The summed E-state index contributed by atoms with van der Waals surface area (Å²) >= 11 is 5.71. The van der Waals surface area contributed by atoms with Crippen molar-refractivity contribution in [2.75, 3.05) is 43.0 Å². The van der Waals surface area contributed by atoms with Crippen molar-refractivity contribution in [3.63, 3.8) is 0 Å². The molecule has 1 saturated heterocycles. The van der Waals surface area contributed by atoms with Crippen molar-refractivity contribution in [2.45, 2.75) is 0 Å². The normalized spacial score (nSPS) is 13.7. The van der Waals surface area contributed by atoms with Crippen molar-refractivity contribution in [3.8, 4) is 11.5 Å². The maximum atomic E-state index is 13.8. The average molecular weight is 488 g/mol. The van der Waals surface area contributed by atoms with Gasteiger partial charge < -0.3 is 14.4 Å². The van der Waals surface area contributed by atoms with E-state index in [1.165, 1.54) is 24.0 Å². The fraction of sp³-hybridized carbons (Fsp3) is 0.148. The van der Waals surface area contributed by atoms with Crippen LogP contribution in [-0.2, 0) is 9.59 Å². The lowest BCUT2D eigenvalue weighted by atomic mass is 10.0. The van der Waals surface area contributed by atoms with Crippen molar-refractivity contribution >= 4 is 52.3 Å². The number of rotatable bonds is 6. The molecule has 0 radical (unpaired) electrons. The average Bonchev–Trinajstić information content (AvgIpc) is 2.87. The van der Waals surface area contributed by atoms with Gasteiger partial charge >= 0.3 is 0 Å². The van der Waals surface area contributed by atoms with Crippen LogP contribution in [0.5, 0.6) is 11.5 Å². The molecule has 35 heavy (non-hydrogen) atoms. The van der Waals surface area contributed by atoms with E-state index in [2.05, 4.69) is 0 Å². The zero-order valence-corrected chi connectivity index (χ0v) is 20.7. The largest absolute Gasteiger partial charge is 0.495 e. The van der Waals surface area contributed by atoms with Crippen LogP contribution in [0.3, 0.4) is 0 Å². The molecule has 4 rings (SSSR count). The van der Waals surface area contributed by atoms with Gasteiger partial charge in [-0.15, -0.1) is 0 Å². The Morgan fingerprint density at radius 3 is 1.63 bits per heavy atom. The maximum Gasteiger partial charge on any atom is 0.270 e. The fourth-order valence-corrected chi connectivity index (χ4v) is 4.18. The van der Waals surface area contributed by atoms with Crippen LogP contribution in [0.4, 0.5) is 17.1 Å². The molecule has 0 N–H and O–H groups in total. The molecule has 0 saturated carbocycles. The number of carbonyl (C=O) groups is 2. The summed E-state index contributed by atoms with van der Waals surface area (Å²) in [6.07, 6.45) is 1.58. The molecule has 8 heteroatoms. The second kappa shape index (κ2) is 9.99. The summed E-state index contributed by atoms with van der Waals surface area (Å²) in [6.45, 7) is 0. The van der Waals surface area contributed by atoms with Crippen molar-refractivity contribution in [1.29, 1.82) is 0 Å². The quantitative estimate of drug-likeness (QED) is 0.290. The molecule has 0 aliphatic carbocycles. The Morgan fingerprint density at radius 1 is 0.743 bits per heavy atom. The van der Waals surface area contributed by atoms with Crippen LogP contribution in [-0.4, -0.2) is 45.2 Å². The Labute approximate surface area is 209 Å². The highest BCUT2D eigenvalue weighted by atomic mass is 32.1. The first-order chi connectivity index (χ1) is 16.9. The van der Waals surface area contributed by atoms with E-state index in [4.69, 9.17) is 21.7 Å². The number of benzene rings is 3. The van der Waals surface area contributed by atoms with Crippen molar-refractivity contribution < 1.29 is 19.1 Å². The van der Waals surface area contributed by atoms with E-state index in [-0.39, 0.29) is 10.7 Å². The van der Waals surface area contributed by atoms with Gasteiger partial charge in [-0.2, -0.15) is 0 Å². The molecule has 1 aliphatic heterocycles. The van der Waals surface area contributed by atoms with Crippen LogP contribution in [0.25, 0.3) is 6.08 Å². The van der Waals surface area contributed by atoms with Crippen LogP contribution >= 0.6 is 12.2 Å². The van der Waals surface area contributed by atoms with Crippen molar-refractivity contribution in [1.82, 2.24) is 0 Å². The summed E-state index contributed by atoms with van der Waals surface area (Å²) in [5.74, 6) is -0.168. The van der Waals surface area contributed by atoms with Crippen molar-refractivity contribution in [3.05, 3.63) is 83.9 Å². The predicted octanol–water partition coefficient (Wildman–Crippen LogP) is 4.52. The van der Waals surface area contributed by atoms with E-state index in [1.807, 2.05) is 43.3 Å². The van der Waals surface area contributed by atoms with Gasteiger partial charge in [0.2, 0.25) is 0 Å². The van der Waals surface area contributed by atoms with Gasteiger partial charge in [0.15, 0.2) is 5.11 Å². The van der Waals surface area contributed by atoms with Crippen LogP contribution in [0.15, 0.2) is 78.4 Å². The second-order valence-corrected chi connectivity index (χ2v) is 8.32. The van der Waals surface area contributed by atoms with E-state index >= 15 is 0 Å². The predicted molar refractivity (Wildman–Crippen MR) is 142 cm³/mol. The Morgan fingerprint density at radius 2 is 1.20 bits per heavy atom. The minimum Gasteiger partial charge on any atom is -0.495 e. The van der Waals surface area contributed by atoms with E-state index < -0.39 is 11.8 Å². The maximum absolute atomic E-state index is 13.8. The zero-order valence-electron chi connectivity index (χ0n) is 19.9. The van der Waals surface area contributed by atoms with Gasteiger partial charge in [-0.3, -0.25) is 9.59 Å². The first kappa shape index (κ1) is 24.0. The third kappa shape index (κ3) is 4.48. The van der Waals surface area contributed by atoms with Gasteiger partial charge in [-0.25, -0.2) is 9.80 Å². The number of hydrogen-bond donors (Lipinski definition) is 0. The smallest absolute Gasteiger partial charge is 0.270 e. The molecule has 1 aliphatic rings. The molecular formula is C27H25N3O4S. The van der Waals surface area contributed by atoms with Gasteiger partial charge in [0.05, 0.1) is 25.6 Å². The molecule has 3 aromatic rings. The second-order valence-electron chi connectivity index (χ2n) is 7.95. The van der Waals surface area contributed by atoms with Crippen LogP contribution in [0.1, 0.15) is 5.56 Å². The molecule has 0 aromatic heterocycles. The molecule has 0 spiro atoms. The highest BCUT2D eigenvalue weighted by Gasteiger charge is 2.42. The molecule has 3 aromatic carbocycles. The first-order valence-corrected chi connectivity index (χ1v) is 11.3. The highest BCUT2D eigenvalue weighted by Crippen LogP contribution is 2.37. The zero-order chi connectivity index (χ0) is 25.1. The summed E-state index contributed by atoms with van der Waals surface area (Å²) in [4.78, 5) is 32.1. The SMILES string of the molecule is COc1ccccc1N1C(=O)C(=Cc2ccc(N(C)C)cc2)C(=O)N(c2ccccc2OC)C1=S. The van der Waals surface area contributed by atoms with Gasteiger partial charge in [0.25, 0.3) is 11.8 Å². The van der Waals surface area contributed by atoms with Crippen LogP contribution in [0, 0.1) is 0 Å². The summed E-state index contributed by atoms with van der Waals surface area (Å²) in [6, 6.07) is 21.6. The number of nitrogens with zero attached hydrogens (tertiary/aromatic N) is 3. The number of hydrogen-bond acceptors (Lipinski definition) is 6. The molecule has 7 nitrogen and oxygen atoms in total. The van der Waals surface area contributed by atoms with Crippen molar-refractivity contribution in [2.24, 2.45) is 0 Å². The van der Waals surface area contributed by atoms with Gasteiger partial charge in [-0.1, -0.05) is 36.4 Å². The third-order valence-electron chi connectivity index (χ3n) is 5.62. The topological polar surface area (TPSA) is 62.3 Å². The van der Waals surface area contributed by atoms with E-state index in [9.17, 15) is 9.59 Å². The number of ether oxygens (including phenoxy) is 2. The molecule has 2 amide bonds. The monoisotopic (exact) mass is 487 g/mol. The number of carbonyl (C=O) groups excluding carboxylic acids is 2. The van der Waals surface area contributed by atoms with E-state index in [1.54, 1.807) is 54.6 Å². The molecular weight excluding hydrogens is 462 g/mol. The number of methoxy groups -OCH3 is 2. The molecule has 0 atom stereocenters. The van der Waals surface area contributed by atoms with Gasteiger partial charge in [0, 0.05) is 19.8 Å². The summed E-state index contributed by atoms with van der Waals surface area (Å²) in [5.41, 5.74) is 2.55. The highest BCUT2D eigenvalue weighted by molar-refractivity contribution is 7.81. The van der Waals surface area contributed by atoms with E-state index in [0.717, 1.165) is 5.69 Å². The molecule has 1 fully saturated rings. The molecule has 178 valence electrons. The summed E-state index contributed by atoms with van der Waals surface area (Å²) in [7, 11) is 6.92. The Balaban J connectivity index is 1.89. The minimum atomic E-state index is -0.535. The molecule has 1 heterocycles. The Hall–Kier alpha value is -4.17. The number of amides is 2. The summed E-state index contributed by atoms with van der Waals surface area (Å²) in [5, 5.41) is 0.00843. The summed E-state index contributed by atoms with van der Waals surface area (Å²) < 4.78 is 11.0. The van der Waals surface area contributed by atoms with Crippen LogP contribution < -0.4 is 24.2 Å². The van der Waals surface area contributed by atoms with Crippen LogP contribution in [0.2, 0.25) is 0 Å². The third-order valence-corrected chi connectivity index (χ3v) is 5.99. The minimum absolute atomic E-state index is 0.00843. The number of para-hydroxylation sites is 4. The lowest BCUT2D eigenvalue weighted by Gasteiger charge is -2.37. The fourth-order valence-electron chi connectivity index (χ4n) is 3.82. The molecule has 0 unspecified atom stereocenters. The van der Waals surface area contributed by atoms with Gasteiger partial charge in [-0.05, 0) is 60.3 Å². The van der Waals surface area contributed by atoms with Gasteiger partial charge in [0.1, 0.15) is 17.1 Å². The Bertz CT molecular complexity index is 1250. The lowest BCUT2D eigenvalue weighted by Crippen LogP contribution is -2.57. The number of anilines is 3. The first-order valence-electron chi connectivity index (χ1n) is 10.9. The van der Waals surface area contributed by atoms with E-state index in [0.29, 0.717) is 28.4 Å². The number of thiocarbonyl (C=S) groups is 1. The standard InChI is InChI=1S/C27H25N3O4S/c1-28(2)19-15-13-18(14-16-19)17-20-25(31)29(21-9-5-7-11-23(21)33-3)27(35)30(26(20)32)22-10-6-8-12-24(22)34-4/h5-17H,1-4H3. The molecule has 0 bridgehead atoms. The lowest BCUT2D eigenvalue weighted by molar-refractivity contribution is -0.120.